The molecular formula is C15H22N2O2S2. The van der Waals surface area contributed by atoms with Gasteiger partial charge in [0.15, 0.2) is 0 Å². The second-order valence-electron chi connectivity index (χ2n) is 5.06. The van der Waals surface area contributed by atoms with E-state index in [0.29, 0.717) is 18.8 Å². The number of rotatable bonds is 8. The van der Waals surface area contributed by atoms with Crippen LogP contribution < -0.4 is 10.1 Å². The molecule has 0 bridgehead atoms. The van der Waals surface area contributed by atoms with Gasteiger partial charge >= 0.3 is 0 Å². The standard InChI is InChI=1S/C15H22N2O2S2/c1-19-15-7-6-12(11-17-15)10-16-14(18)5-3-2-4-13-8-9-20-21-13/h6-7,11,13H,2-5,8-10H2,1H3,(H,16,18). The minimum atomic E-state index is 0.124. The van der Waals surface area contributed by atoms with Crippen molar-refractivity contribution in [2.24, 2.45) is 0 Å². The summed E-state index contributed by atoms with van der Waals surface area (Å²) in [6.07, 6.45) is 7.05. The van der Waals surface area contributed by atoms with Gasteiger partial charge in [0.05, 0.1) is 7.11 Å². The number of aromatic nitrogens is 1. The minimum absolute atomic E-state index is 0.124. The molecule has 0 saturated carbocycles. The Morgan fingerprint density at radius 1 is 1.48 bits per heavy atom. The first-order valence-corrected chi connectivity index (χ1v) is 9.70. The van der Waals surface area contributed by atoms with Crippen LogP contribution in [0.2, 0.25) is 0 Å². The number of methoxy groups -OCH3 is 1. The molecule has 1 amide bonds. The zero-order valence-corrected chi connectivity index (χ0v) is 14.0. The molecule has 6 heteroatoms. The summed E-state index contributed by atoms with van der Waals surface area (Å²) in [7, 11) is 5.58. The van der Waals surface area contributed by atoms with E-state index in [4.69, 9.17) is 4.74 Å². The van der Waals surface area contributed by atoms with Crippen LogP contribution in [0.15, 0.2) is 18.3 Å². The van der Waals surface area contributed by atoms with E-state index in [1.165, 1.54) is 18.6 Å². The normalized spacial score (nSPS) is 17.7. The maximum absolute atomic E-state index is 11.8. The van der Waals surface area contributed by atoms with E-state index in [2.05, 4.69) is 10.3 Å². The van der Waals surface area contributed by atoms with Crippen LogP contribution in [-0.2, 0) is 11.3 Å². The molecular weight excluding hydrogens is 304 g/mol. The Kier molecular flexibility index (Phi) is 7.23. The molecule has 1 atom stereocenters. The maximum Gasteiger partial charge on any atom is 0.220 e. The summed E-state index contributed by atoms with van der Waals surface area (Å²) in [5.74, 6) is 2.00. The number of nitrogens with zero attached hydrogens (tertiary/aromatic N) is 1. The summed E-state index contributed by atoms with van der Waals surface area (Å²) < 4.78 is 5.00. The number of pyridine rings is 1. The molecule has 0 radical (unpaired) electrons. The first kappa shape index (κ1) is 16.5. The summed E-state index contributed by atoms with van der Waals surface area (Å²) >= 11 is 0. The van der Waals surface area contributed by atoms with Crippen LogP contribution in [0.25, 0.3) is 0 Å². The molecule has 1 saturated heterocycles. The van der Waals surface area contributed by atoms with Crippen LogP contribution in [0.5, 0.6) is 5.88 Å². The van der Waals surface area contributed by atoms with Gasteiger partial charge in [-0.25, -0.2) is 4.98 Å². The number of carbonyl (C=O) groups is 1. The van der Waals surface area contributed by atoms with E-state index in [-0.39, 0.29) is 5.91 Å². The number of carbonyl (C=O) groups excluding carboxylic acids is 1. The Morgan fingerprint density at radius 2 is 2.38 bits per heavy atom. The predicted octanol–water partition coefficient (Wildman–Crippen LogP) is 3.42. The van der Waals surface area contributed by atoms with Crippen molar-refractivity contribution in [3.05, 3.63) is 23.9 Å². The molecule has 0 aromatic carbocycles. The number of hydrogen-bond acceptors (Lipinski definition) is 5. The van der Waals surface area contributed by atoms with Crippen LogP contribution >= 0.6 is 21.6 Å². The van der Waals surface area contributed by atoms with Gasteiger partial charge < -0.3 is 10.1 Å². The molecule has 0 spiro atoms. The smallest absolute Gasteiger partial charge is 0.220 e. The highest BCUT2D eigenvalue weighted by molar-refractivity contribution is 8.77. The van der Waals surface area contributed by atoms with Crippen LogP contribution in [0.1, 0.15) is 37.7 Å². The van der Waals surface area contributed by atoms with Crippen LogP contribution in [0, 0.1) is 0 Å². The van der Waals surface area contributed by atoms with E-state index in [0.717, 1.165) is 23.7 Å². The van der Waals surface area contributed by atoms with Gasteiger partial charge in [0.25, 0.3) is 0 Å². The third-order valence-electron chi connectivity index (χ3n) is 3.40. The highest BCUT2D eigenvalue weighted by Crippen LogP contribution is 2.39. The summed E-state index contributed by atoms with van der Waals surface area (Å²) in [4.78, 5) is 15.9. The molecule has 2 heterocycles. The maximum atomic E-state index is 11.8. The predicted molar refractivity (Wildman–Crippen MR) is 89.6 cm³/mol. The number of unbranched alkanes of at least 4 members (excludes halogenated alkanes) is 1. The molecule has 1 N–H and O–H groups in total. The van der Waals surface area contributed by atoms with Gasteiger partial charge in [-0.1, -0.05) is 34.1 Å². The number of hydrogen-bond donors (Lipinski definition) is 1. The molecule has 116 valence electrons. The highest BCUT2D eigenvalue weighted by Gasteiger charge is 2.15. The Bertz CT molecular complexity index is 434. The van der Waals surface area contributed by atoms with Gasteiger partial charge in [-0.15, -0.1) is 0 Å². The lowest BCUT2D eigenvalue weighted by atomic mass is 10.1. The van der Waals surface area contributed by atoms with Gasteiger partial charge in [-0.2, -0.15) is 0 Å². The fourth-order valence-electron chi connectivity index (χ4n) is 2.15. The van der Waals surface area contributed by atoms with Crippen LogP contribution in [0.4, 0.5) is 0 Å². The van der Waals surface area contributed by atoms with E-state index >= 15 is 0 Å². The van der Waals surface area contributed by atoms with Crippen molar-refractivity contribution in [1.29, 1.82) is 0 Å². The fraction of sp³-hybridized carbons (Fsp3) is 0.600. The van der Waals surface area contributed by atoms with Gasteiger partial charge in [0.1, 0.15) is 0 Å². The third kappa shape index (κ3) is 6.18. The number of ether oxygens (including phenoxy) is 1. The van der Waals surface area contributed by atoms with Crippen molar-refractivity contribution in [1.82, 2.24) is 10.3 Å². The monoisotopic (exact) mass is 326 g/mol. The van der Waals surface area contributed by atoms with Crippen molar-refractivity contribution in [3.8, 4) is 5.88 Å². The first-order valence-electron chi connectivity index (χ1n) is 7.32. The van der Waals surface area contributed by atoms with Gasteiger partial charge in [0, 0.05) is 36.2 Å². The molecule has 1 aromatic rings. The quantitative estimate of drug-likeness (QED) is 0.586. The summed E-state index contributed by atoms with van der Waals surface area (Å²) in [6, 6.07) is 3.72. The first-order chi connectivity index (χ1) is 10.3. The number of nitrogens with one attached hydrogen (secondary N) is 1. The SMILES string of the molecule is COc1ccc(CNC(=O)CCCCC2CCSS2)cn1. The zero-order chi connectivity index (χ0) is 14.9. The highest BCUT2D eigenvalue weighted by atomic mass is 33.1. The van der Waals surface area contributed by atoms with E-state index in [9.17, 15) is 4.79 Å². The van der Waals surface area contributed by atoms with Crippen molar-refractivity contribution in [3.63, 3.8) is 0 Å². The van der Waals surface area contributed by atoms with Crippen molar-refractivity contribution in [2.75, 3.05) is 12.9 Å². The topological polar surface area (TPSA) is 51.2 Å². The summed E-state index contributed by atoms with van der Waals surface area (Å²) in [5, 5.41) is 3.74. The Balaban J connectivity index is 1.56. The van der Waals surface area contributed by atoms with Gasteiger partial charge in [-0.3, -0.25) is 4.79 Å². The third-order valence-corrected chi connectivity index (χ3v) is 6.41. The molecule has 21 heavy (non-hydrogen) atoms. The molecule has 1 aromatic heterocycles. The lowest BCUT2D eigenvalue weighted by Gasteiger charge is -2.08. The van der Waals surface area contributed by atoms with Gasteiger partial charge in [0.2, 0.25) is 11.8 Å². The lowest BCUT2D eigenvalue weighted by molar-refractivity contribution is -0.121. The average molecular weight is 326 g/mol. The summed E-state index contributed by atoms with van der Waals surface area (Å²) in [5.41, 5.74) is 0.989. The molecule has 0 aliphatic carbocycles. The van der Waals surface area contributed by atoms with E-state index < -0.39 is 0 Å². The van der Waals surface area contributed by atoms with E-state index in [1.807, 2.05) is 27.7 Å². The largest absolute Gasteiger partial charge is 0.481 e. The van der Waals surface area contributed by atoms with E-state index in [1.54, 1.807) is 19.4 Å². The van der Waals surface area contributed by atoms with Crippen molar-refractivity contribution >= 4 is 27.5 Å². The lowest BCUT2D eigenvalue weighted by Crippen LogP contribution is -2.22. The minimum Gasteiger partial charge on any atom is -0.481 e. The second-order valence-corrected chi connectivity index (χ2v) is 7.85. The van der Waals surface area contributed by atoms with Gasteiger partial charge in [-0.05, 0) is 24.8 Å². The van der Waals surface area contributed by atoms with Crippen LogP contribution in [-0.4, -0.2) is 29.0 Å². The fourth-order valence-corrected chi connectivity index (χ4v) is 5.17. The molecule has 1 aliphatic rings. The molecule has 1 fully saturated rings. The van der Waals surface area contributed by atoms with Crippen molar-refractivity contribution in [2.45, 2.75) is 43.9 Å². The molecule has 2 rings (SSSR count). The molecule has 4 nitrogen and oxygen atoms in total. The summed E-state index contributed by atoms with van der Waals surface area (Å²) in [6.45, 7) is 0.533. The number of amides is 1. The van der Waals surface area contributed by atoms with Crippen molar-refractivity contribution < 1.29 is 9.53 Å². The molecule has 1 unspecified atom stereocenters. The zero-order valence-electron chi connectivity index (χ0n) is 12.3. The Morgan fingerprint density at radius 3 is 3.05 bits per heavy atom. The second kappa shape index (κ2) is 9.20. The Hall–Kier alpha value is -0.880. The van der Waals surface area contributed by atoms with Crippen LogP contribution in [0.3, 0.4) is 0 Å². The average Bonchev–Trinajstić information content (AvgIpc) is 3.03. The Labute approximate surface area is 134 Å². The molecule has 1 aliphatic heterocycles.